The second-order valence-corrected chi connectivity index (χ2v) is 5.01. The molecule has 0 spiro atoms. The van der Waals surface area contributed by atoms with Crippen molar-refractivity contribution in [2.75, 3.05) is 7.11 Å². The van der Waals surface area contributed by atoms with Crippen molar-refractivity contribution in [2.24, 2.45) is 0 Å². The Labute approximate surface area is 129 Å². The predicted molar refractivity (Wildman–Crippen MR) is 83.4 cm³/mol. The summed E-state index contributed by atoms with van der Waals surface area (Å²) in [6.07, 6.45) is -0.846. The Bertz CT molecular complexity index is 674. The maximum Gasteiger partial charge on any atom is 0.338 e. The fourth-order valence-electron chi connectivity index (χ4n) is 2.04. The Morgan fingerprint density at radius 2 is 1.68 bits per heavy atom. The van der Waals surface area contributed by atoms with Gasteiger partial charge in [0.1, 0.15) is 5.75 Å². The normalized spacial score (nSPS) is 11.6. The zero-order valence-corrected chi connectivity index (χ0v) is 12.8. The molecule has 0 fully saturated rings. The van der Waals surface area contributed by atoms with Crippen molar-refractivity contribution in [3.05, 3.63) is 65.2 Å². The lowest BCUT2D eigenvalue weighted by molar-refractivity contribution is 0.0318. The van der Waals surface area contributed by atoms with Crippen LogP contribution in [0.15, 0.2) is 48.5 Å². The Kier molecular flexibility index (Phi) is 4.94. The molecule has 0 heterocycles. The second-order valence-electron chi connectivity index (χ2n) is 5.01. The predicted octanol–water partition coefficient (Wildman–Crippen LogP) is 3.43. The highest BCUT2D eigenvalue weighted by atomic mass is 16.5. The van der Waals surface area contributed by atoms with E-state index in [4.69, 9.17) is 9.47 Å². The first kappa shape index (κ1) is 15.8. The minimum Gasteiger partial charge on any atom is -0.497 e. The third-order valence-corrected chi connectivity index (χ3v) is 3.28. The molecule has 4 nitrogen and oxygen atoms in total. The Balaban J connectivity index is 2.05. The Morgan fingerprint density at radius 3 is 2.27 bits per heavy atom. The van der Waals surface area contributed by atoms with Gasteiger partial charge in [0.2, 0.25) is 5.78 Å². The van der Waals surface area contributed by atoms with Crippen LogP contribution in [-0.2, 0) is 4.74 Å². The topological polar surface area (TPSA) is 52.6 Å². The summed E-state index contributed by atoms with van der Waals surface area (Å²) < 4.78 is 10.3. The average molecular weight is 298 g/mol. The summed E-state index contributed by atoms with van der Waals surface area (Å²) in [5.41, 5.74) is 1.88. The molecule has 0 amide bonds. The fraction of sp³-hybridized carbons (Fsp3) is 0.222. The van der Waals surface area contributed by atoms with Gasteiger partial charge in [0.05, 0.1) is 12.7 Å². The number of aryl methyl sites for hydroxylation is 1. The zero-order chi connectivity index (χ0) is 16.1. The van der Waals surface area contributed by atoms with Gasteiger partial charge in [-0.15, -0.1) is 0 Å². The molecule has 114 valence electrons. The number of rotatable bonds is 5. The molecular formula is C18H18O4. The fourth-order valence-corrected chi connectivity index (χ4v) is 2.04. The van der Waals surface area contributed by atoms with Gasteiger partial charge >= 0.3 is 5.97 Å². The molecule has 2 aromatic rings. The van der Waals surface area contributed by atoms with Gasteiger partial charge in [-0.3, -0.25) is 4.79 Å². The van der Waals surface area contributed by atoms with Gasteiger partial charge < -0.3 is 9.47 Å². The van der Waals surface area contributed by atoms with Crippen molar-refractivity contribution in [1.82, 2.24) is 0 Å². The van der Waals surface area contributed by atoms with Crippen molar-refractivity contribution in [3.63, 3.8) is 0 Å². The minimum atomic E-state index is -0.846. The molecule has 0 aromatic heterocycles. The summed E-state index contributed by atoms with van der Waals surface area (Å²) in [5, 5.41) is 0. The van der Waals surface area contributed by atoms with E-state index in [0.717, 1.165) is 5.56 Å². The quantitative estimate of drug-likeness (QED) is 0.627. The van der Waals surface area contributed by atoms with Crippen LogP contribution in [0.25, 0.3) is 0 Å². The van der Waals surface area contributed by atoms with Gasteiger partial charge in [-0.05, 0) is 50.2 Å². The lowest BCUT2D eigenvalue weighted by Crippen LogP contribution is -2.24. The summed E-state index contributed by atoms with van der Waals surface area (Å²) in [5.74, 6) is -0.0809. The third kappa shape index (κ3) is 3.73. The van der Waals surface area contributed by atoms with Gasteiger partial charge in [-0.2, -0.15) is 0 Å². The maximum atomic E-state index is 12.3. The van der Waals surface area contributed by atoms with E-state index in [1.807, 2.05) is 13.0 Å². The third-order valence-electron chi connectivity index (χ3n) is 3.28. The van der Waals surface area contributed by atoms with Crippen LogP contribution in [-0.4, -0.2) is 25.0 Å². The molecule has 0 N–H and O–H groups in total. The van der Waals surface area contributed by atoms with Gasteiger partial charge in [0, 0.05) is 5.56 Å². The number of carbonyl (C=O) groups is 2. The summed E-state index contributed by atoms with van der Waals surface area (Å²) in [7, 11) is 1.56. The number of hydrogen-bond donors (Lipinski definition) is 0. The average Bonchev–Trinajstić information content (AvgIpc) is 2.54. The van der Waals surface area contributed by atoms with Crippen LogP contribution in [0.3, 0.4) is 0 Å². The number of Topliss-reactive ketones (excluding diaryl/α,β-unsaturated/α-hetero) is 1. The van der Waals surface area contributed by atoms with E-state index in [-0.39, 0.29) is 5.78 Å². The van der Waals surface area contributed by atoms with Crippen LogP contribution in [0.1, 0.15) is 33.2 Å². The highest BCUT2D eigenvalue weighted by Gasteiger charge is 2.20. The van der Waals surface area contributed by atoms with Gasteiger partial charge in [-0.25, -0.2) is 4.79 Å². The molecule has 0 bridgehead atoms. The van der Waals surface area contributed by atoms with Crippen LogP contribution < -0.4 is 4.74 Å². The van der Waals surface area contributed by atoms with Crippen LogP contribution in [0.4, 0.5) is 0 Å². The molecule has 0 saturated carbocycles. The van der Waals surface area contributed by atoms with Crippen LogP contribution >= 0.6 is 0 Å². The summed E-state index contributed by atoms with van der Waals surface area (Å²) in [4.78, 5) is 24.3. The lowest BCUT2D eigenvalue weighted by atomic mass is 10.1. The van der Waals surface area contributed by atoms with E-state index in [0.29, 0.717) is 16.9 Å². The number of esters is 1. The first-order valence-electron chi connectivity index (χ1n) is 6.97. The second kappa shape index (κ2) is 6.89. The number of methoxy groups -OCH3 is 1. The SMILES string of the molecule is COc1ccc(C(=O)C(C)OC(=O)c2cccc(C)c2)cc1. The smallest absolute Gasteiger partial charge is 0.338 e. The van der Waals surface area contributed by atoms with Crippen molar-refractivity contribution in [2.45, 2.75) is 20.0 Å². The number of ketones is 1. The molecule has 0 aliphatic heterocycles. The van der Waals surface area contributed by atoms with E-state index in [2.05, 4.69) is 0 Å². The van der Waals surface area contributed by atoms with Crippen LogP contribution in [0.5, 0.6) is 5.75 Å². The largest absolute Gasteiger partial charge is 0.497 e. The van der Waals surface area contributed by atoms with Crippen LogP contribution in [0.2, 0.25) is 0 Å². The summed E-state index contributed by atoms with van der Waals surface area (Å²) >= 11 is 0. The van der Waals surface area contributed by atoms with E-state index < -0.39 is 12.1 Å². The van der Waals surface area contributed by atoms with Gasteiger partial charge in [-0.1, -0.05) is 17.7 Å². The number of ether oxygens (including phenoxy) is 2. The molecule has 1 atom stereocenters. The molecule has 1 unspecified atom stereocenters. The summed E-state index contributed by atoms with van der Waals surface area (Å²) in [6, 6.07) is 13.8. The standard InChI is InChI=1S/C18H18O4/c1-12-5-4-6-15(11-12)18(20)22-13(2)17(19)14-7-9-16(21-3)10-8-14/h4-11,13H,1-3H3. The van der Waals surface area contributed by atoms with Gasteiger partial charge in [0.15, 0.2) is 6.10 Å². The van der Waals surface area contributed by atoms with Crippen molar-refractivity contribution >= 4 is 11.8 Å². The monoisotopic (exact) mass is 298 g/mol. The minimum absolute atomic E-state index is 0.247. The molecule has 0 aliphatic rings. The van der Waals surface area contributed by atoms with E-state index in [1.165, 1.54) is 0 Å². The number of benzene rings is 2. The molecule has 0 radical (unpaired) electrons. The molecule has 0 aliphatic carbocycles. The molecule has 22 heavy (non-hydrogen) atoms. The highest BCUT2D eigenvalue weighted by Crippen LogP contribution is 2.15. The van der Waals surface area contributed by atoms with Crippen LogP contribution in [0, 0.1) is 6.92 Å². The zero-order valence-electron chi connectivity index (χ0n) is 12.8. The van der Waals surface area contributed by atoms with E-state index >= 15 is 0 Å². The Hall–Kier alpha value is -2.62. The lowest BCUT2D eigenvalue weighted by Gasteiger charge is -2.13. The van der Waals surface area contributed by atoms with E-state index in [1.54, 1.807) is 56.5 Å². The first-order chi connectivity index (χ1) is 10.5. The van der Waals surface area contributed by atoms with Crippen molar-refractivity contribution < 1.29 is 19.1 Å². The molecule has 2 aromatic carbocycles. The summed E-state index contributed by atoms with van der Waals surface area (Å²) in [6.45, 7) is 3.46. The first-order valence-corrected chi connectivity index (χ1v) is 6.97. The molecular weight excluding hydrogens is 280 g/mol. The molecule has 0 saturated heterocycles. The van der Waals surface area contributed by atoms with Crippen molar-refractivity contribution in [1.29, 1.82) is 0 Å². The highest BCUT2D eigenvalue weighted by molar-refractivity contribution is 6.01. The molecule has 4 heteroatoms. The van der Waals surface area contributed by atoms with Gasteiger partial charge in [0.25, 0.3) is 0 Å². The number of carbonyl (C=O) groups excluding carboxylic acids is 2. The number of hydrogen-bond acceptors (Lipinski definition) is 4. The molecule has 2 rings (SSSR count). The van der Waals surface area contributed by atoms with E-state index in [9.17, 15) is 9.59 Å². The maximum absolute atomic E-state index is 12.3. The van der Waals surface area contributed by atoms with Crippen molar-refractivity contribution in [3.8, 4) is 5.75 Å². The Morgan fingerprint density at radius 1 is 1.00 bits per heavy atom.